The molecule has 1 aliphatic heterocycles. The second kappa shape index (κ2) is 8.31. The molecular weight excluding hydrogens is 346 g/mol. The number of anilines is 1. The van der Waals surface area contributed by atoms with Crippen LogP contribution in [0.25, 0.3) is 0 Å². The molecule has 2 aromatic carbocycles. The van der Waals surface area contributed by atoms with Crippen LogP contribution in [0.1, 0.15) is 31.4 Å². The number of aliphatic hydroxyl groups excluding tert-OH is 1. The smallest absolute Gasteiger partial charge is 0.259 e. The van der Waals surface area contributed by atoms with E-state index in [1.165, 1.54) is 0 Å². The topological polar surface area (TPSA) is 68.2 Å². The van der Waals surface area contributed by atoms with E-state index in [1.54, 1.807) is 49.5 Å². The first-order valence-corrected chi connectivity index (χ1v) is 9.06. The van der Waals surface area contributed by atoms with Gasteiger partial charge in [-0.25, -0.2) is 0 Å². The number of rotatable bonds is 8. The van der Waals surface area contributed by atoms with E-state index in [2.05, 4.69) is 6.92 Å². The quantitative estimate of drug-likeness (QED) is 0.569. The summed E-state index contributed by atoms with van der Waals surface area (Å²) in [6.45, 7) is 2.66. The van der Waals surface area contributed by atoms with Crippen molar-refractivity contribution in [2.45, 2.75) is 31.9 Å². The van der Waals surface area contributed by atoms with Gasteiger partial charge in [-0.05, 0) is 42.8 Å². The summed E-state index contributed by atoms with van der Waals surface area (Å²) < 4.78 is 16.4. The zero-order valence-corrected chi connectivity index (χ0v) is 15.8. The Bertz CT molecular complexity index is 790. The van der Waals surface area contributed by atoms with Crippen LogP contribution in [0.5, 0.6) is 17.2 Å². The van der Waals surface area contributed by atoms with E-state index in [0.29, 0.717) is 29.5 Å². The van der Waals surface area contributed by atoms with Crippen molar-refractivity contribution in [1.82, 2.24) is 0 Å². The van der Waals surface area contributed by atoms with Crippen molar-refractivity contribution in [1.29, 1.82) is 0 Å². The third-order valence-electron chi connectivity index (χ3n) is 4.71. The standard InChI is InChI=1S/C21H25NO5/c1-4-5-12-27-18-13-16(26-3)10-11-17(18)19-20(23)21(24)22(19)14-6-8-15(25-2)9-7-14/h6-11,13,19-20,23H,4-5,12H2,1-3H3/t19-,20+/m1/s1. The predicted molar refractivity (Wildman–Crippen MR) is 103 cm³/mol. The van der Waals surface area contributed by atoms with Gasteiger partial charge in [-0.3, -0.25) is 9.69 Å². The normalized spacial score (nSPS) is 18.8. The number of hydrogen-bond donors (Lipinski definition) is 1. The van der Waals surface area contributed by atoms with Gasteiger partial charge in [0.15, 0.2) is 6.10 Å². The van der Waals surface area contributed by atoms with Crippen molar-refractivity contribution >= 4 is 11.6 Å². The Balaban J connectivity index is 1.93. The van der Waals surface area contributed by atoms with Gasteiger partial charge in [0, 0.05) is 17.3 Å². The van der Waals surface area contributed by atoms with E-state index < -0.39 is 12.1 Å². The average Bonchev–Trinajstić information content (AvgIpc) is 2.72. The molecule has 3 rings (SSSR count). The minimum atomic E-state index is -1.10. The van der Waals surface area contributed by atoms with Gasteiger partial charge >= 0.3 is 0 Å². The van der Waals surface area contributed by atoms with Crippen LogP contribution in [0.3, 0.4) is 0 Å². The largest absolute Gasteiger partial charge is 0.497 e. The molecule has 0 spiro atoms. The summed E-state index contributed by atoms with van der Waals surface area (Å²) in [4.78, 5) is 14.0. The van der Waals surface area contributed by atoms with Gasteiger partial charge in [-0.15, -0.1) is 0 Å². The lowest BCUT2D eigenvalue weighted by molar-refractivity contribution is -0.137. The van der Waals surface area contributed by atoms with Gasteiger partial charge in [0.2, 0.25) is 0 Å². The molecule has 27 heavy (non-hydrogen) atoms. The van der Waals surface area contributed by atoms with Crippen LogP contribution >= 0.6 is 0 Å². The molecule has 0 aliphatic carbocycles. The molecule has 1 saturated heterocycles. The first-order valence-electron chi connectivity index (χ1n) is 9.06. The second-order valence-corrected chi connectivity index (χ2v) is 6.40. The fraction of sp³-hybridized carbons (Fsp3) is 0.381. The Labute approximate surface area is 159 Å². The van der Waals surface area contributed by atoms with Crippen LogP contribution in [-0.2, 0) is 4.79 Å². The Morgan fingerprint density at radius 1 is 1.04 bits per heavy atom. The molecule has 1 fully saturated rings. The molecule has 2 aromatic rings. The number of ether oxygens (including phenoxy) is 3. The first kappa shape index (κ1) is 19.0. The maximum atomic E-state index is 12.4. The second-order valence-electron chi connectivity index (χ2n) is 6.40. The van der Waals surface area contributed by atoms with Crippen LogP contribution in [0.15, 0.2) is 42.5 Å². The third-order valence-corrected chi connectivity index (χ3v) is 4.71. The van der Waals surface area contributed by atoms with Gasteiger partial charge in [-0.2, -0.15) is 0 Å². The number of carbonyl (C=O) groups excluding carboxylic acids is 1. The number of hydrogen-bond acceptors (Lipinski definition) is 5. The molecular formula is C21H25NO5. The molecule has 1 N–H and O–H groups in total. The molecule has 0 bridgehead atoms. The predicted octanol–water partition coefficient (Wildman–Crippen LogP) is 3.33. The highest BCUT2D eigenvalue weighted by molar-refractivity contribution is 6.05. The minimum absolute atomic E-state index is 0.333. The van der Waals surface area contributed by atoms with Crippen molar-refractivity contribution in [2.75, 3.05) is 25.7 Å². The molecule has 2 atom stereocenters. The van der Waals surface area contributed by atoms with E-state index in [4.69, 9.17) is 14.2 Å². The number of amides is 1. The molecule has 1 aliphatic rings. The maximum Gasteiger partial charge on any atom is 0.259 e. The Morgan fingerprint density at radius 3 is 2.33 bits per heavy atom. The van der Waals surface area contributed by atoms with E-state index in [0.717, 1.165) is 18.4 Å². The third kappa shape index (κ3) is 3.71. The maximum absolute atomic E-state index is 12.4. The van der Waals surface area contributed by atoms with Gasteiger partial charge in [0.1, 0.15) is 23.3 Å². The monoisotopic (exact) mass is 371 g/mol. The SMILES string of the molecule is CCCCOc1cc(OC)ccc1[C@@H]1[C@H](O)C(=O)N1c1ccc(OC)cc1. The van der Waals surface area contributed by atoms with Crippen LogP contribution in [0.4, 0.5) is 5.69 Å². The lowest BCUT2D eigenvalue weighted by atomic mass is 9.89. The zero-order valence-electron chi connectivity index (χ0n) is 15.8. The minimum Gasteiger partial charge on any atom is -0.497 e. The van der Waals surface area contributed by atoms with Crippen molar-refractivity contribution in [3.05, 3.63) is 48.0 Å². The van der Waals surface area contributed by atoms with Crippen LogP contribution in [0, 0.1) is 0 Å². The van der Waals surface area contributed by atoms with Crippen molar-refractivity contribution in [2.24, 2.45) is 0 Å². The Morgan fingerprint density at radius 2 is 1.70 bits per heavy atom. The highest BCUT2D eigenvalue weighted by atomic mass is 16.5. The molecule has 0 radical (unpaired) electrons. The number of methoxy groups -OCH3 is 2. The molecule has 144 valence electrons. The fourth-order valence-electron chi connectivity index (χ4n) is 3.15. The zero-order chi connectivity index (χ0) is 19.4. The molecule has 0 saturated carbocycles. The summed E-state index contributed by atoms with van der Waals surface area (Å²) in [5, 5.41) is 10.4. The van der Waals surface area contributed by atoms with Gasteiger partial charge in [0.25, 0.3) is 5.91 Å². The number of aliphatic hydroxyl groups is 1. The summed E-state index contributed by atoms with van der Waals surface area (Å²) in [7, 11) is 3.18. The molecule has 6 nitrogen and oxygen atoms in total. The van der Waals surface area contributed by atoms with Gasteiger partial charge in [0.05, 0.1) is 20.8 Å². The Kier molecular flexibility index (Phi) is 5.86. The molecule has 1 amide bonds. The van der Waals surface area contributed by atoms with Crippen molar-refractivity contribution in [3.63, 3.8) is 0 Å². The Hall–Kier alpha value is -2.73. The summed E-state index contributed by atoms with van der Waals surface area (Å²) in [5.74, 6) is 1.66. The summed E-state index contributed by atoms with van der Waals surface area (Å²) >= 11 is 0. The number of unbranched alkanes of at least 4 members (excludes halogenated alkanes) is 1. The van der Waals surface area contributed by atoms with Crippen molar-refractivity contribution in [3.8, 4) is 17.2 Å². The number of carbonyl (C=O) groups is 1. The van der Waals surface area contributed by atoms with E-state index in [1.807, 2.05) is 12.1 Å². The average molecular weight is 371 g/mol. The number of β-lactam (4-membered cyclic amide) rings is 1. The fourth-order valence-corrected chi connectivity index (χ4v) is 3.15. The van der Waals surface area contributed by atoms with E-state index >= 15 is 0 Å². The van der Waals surface area contributed by atoms with Crippen LogP contribution in [0.2, 0.25) is 0 Å². The first-order chi connectivity index (χ1) is 13.1. The molecule has 6 heteroatoms. The van der Waals surface area contributed by atoms with Crippen LogP contribution in [-0.4, -0.2) is 37.9 Å². The molecule has 0 unspecified atom stereocenters. The highest BCUT2D eigenvalue weighted by Crippen LogP contribution is 2.43. The van der Waals surface area contributed by atoms with Gasteiger partial charge < -0.3 is 19.3 Å². The highest BCUT2D eigenvalue weighted by Gasteiger charge is 2.49. The lowest BCUT2D eigenvalue weighted by Gasteiger charge is -2.45. The summed E-state index contributed by atoms with van der Waals surface area (Å²) in [6, 6.07) is 12.1. The number of benzene rings is 2. The summed E-state index contributed by atoms with van der Waals surface area (Å²) in [6.07, 6.45) is 0.835. The molecule has 1 heterocycles. The van der Waals surface area contributed by atoms with E-state index in [-0.39, 0.29) is 5.91 Å². The lowest BCUT2D eigenvalue weighted by Crippen LogP contribution is -2.59. The van der Waals surface area contributed by atoms with Gasteiger partial charge in [-0.1, -0.05) is 13.3 Å². The molecule has 0 aromatic heterocycles. The summed E-state index contributed by atoms with van der Waals surface area (Å²) in [5.41, 5.74) is 1.46. The van der Waals surface area contributed by atoms with Crippen LogP contribution < -0.4 is 19.1 Å². The van der Waals surface area contributed by atoms with E-state index in [9.17, 15) is 9.90 Å². The number of nitrogens with zero attached hydrogens (tertiary/aromatic N) is 1. The van der Waals surface area contributed by atoms with Crippen molar-refractivity contribution < 1.29 is 24.1 Å².